The molecule has 0 saturated carbocycles. The lowest BCUT2D eigenvalue weighted by atomic mass is 9.75. The molecule has 0 aromatic heterocycles. The molecular formula is C19H18O4. The summed E-state index contributed by atoms with van der Waals surface area (Å²) in [6, 6.07) is 12.9. The minimum absolute atomic E-state index is 0.178. The Kier molecular flexibility index (Phi) is 3.68. The van der Waals surface area contributed by atoms with E-state index in [0.29, 0.717) is 11.3 Å². The van der Waals surface area contributed by atoms with Crippen molar-refractivity contribution in [3.63, 3.8) is 0 Å². The molecule has 0 unspecified atom stereocenters. The van der Waals surface area contributed by atoms with Gasteiger partial charge >= 0.3 is 5.97 Å². The molecule has 0 aliphatic carbocycles. The summed E-state index contributed by atoms with van der Waals surface area (Å²) in [6.07, 6.45) is 0. The Hall–Kier alpha value is -2.62. The number of carbonyl (C=O) groups is 2. The van der Waals surface area contributed by atoms with Crippen LogP contribution >= 0.6 is 0 Å². The fraction of sp³-hybridized carbons (Fsp3) is 0.263. The third-order valence-corrected chi connectivity index (χ3v) is 4.16. The first-order chi connectivity index (χ1) is 10.9. The Morgan fingerprint density at radius 1 is 1.04 bits per heavy atom. The monoisotopic (exact) mass is 310 g/mol. The number of rotatable bonds is 3. The number of benzene rings is 2. The van der Waals surface area contributed by atoms with Gasteiger partial charge in [-0.25, -0.2) is 4.79 Å². The van der Waals surface area contributed by atoms with Crippen LogP contribution < -0.4 is 4.74 Å². The molecule has 0 atom stereocenters. The van der Waals surface area contributed by atoms with Crippen molar-refractivity contribution in [1.82, 2.24) is 0 Å². The summed E-state index contributed by atoms with van der Waals surface area (Å²) in [5, 5.41) is 0. The zero-order valence-corrected chi connectivity index (χ0v) is 13.4. The molecule has 4 heteroatoms. The molecule has 23 heavy (non-hydrogen) atoms. The Morgan fingerprint density at radius 2 is 1.74 bits per heavy atom. The highest BCUT2D eigenvalue weighted by molar-refractivity contribution is 6.40. The predicted molar refractivity (Wildman–Crippen MR) is 86.0 cm³/mol. The number of esters is 1. The van der Waals surface area contributed by atoms with Gasteiger partial charge in [-0.1, -0.05) is 32.0 Å². The molecule has 0 fully saturated rings. The van der Waals surface area contributed by atoms with Crippen molar-refractivity contribution in [2.45, 2.75) is 26.2 Å². The lowest BCUT2D eigenvalue weighted by Gasteiger charge is -2.34. The largest absolute Gasteiger partial charge is 0.460 e. The van der Waals surface area contributed by atoms with Gasteiger partial charge in [-0.05, 0) is 31.2 Å². The van der Waals surface area contributed by atoms with Gasteiger partial charge in [0.05, 0.1) is 6.61 Å². The van der Waals surface area contributed by atoms with Gasteiger partial charge < -0.3 is 9.47 Å². The molecule has 4 nitrogen and oxygen atoms in total. The fourth-order valence-corrected chi connectivity index (χ4v) is 2.90. The molecular weight excluding hydrogens is 292 g/mol. The van der Waals surface area contributed by atoms with E-state index in [0.717, 1.165) is 16.9 Å². The van der Waals surface area contributed by atoms with Crippen LogP contribution in [0.3, 0.4) is 0 Å². The van der Waals surface area contributed by atoms with E-state index in [1.54, 1.807) is 25.1 Å². The predicted octanol–water partition coefficient (Wildman–Crippen LogP) is 3.86. The third kappa shape index (κ3) is 2.50. The highest BCUT2D eigenvalue weighted by Crippen LogP contribution is 2.47. The minimum atomic E-state index is -0.831. The third-order valence-electron chi connectivity index (χ3n) is 4.16. The summed E-state index contributed by atoms with van der Waals surface area (Å²) in [4.78, 5) is 23.8. The number of hydrogen-bond acceptors (Lipinski definition) is 4. The Bertz CT molecular complexity index is 790. The molecule has 118 valence electrons. The Balaban J connectivity index is 2.05. The lowest BCUT2D eigenvalue weighted by Crippen LogP contribution is -2.25. The average Bonchev–Trinajstić information content (AvgIpc) is 2.54. The standard InChI is InChI=1S/C19H18O4/c1-4-22-18(21)17(20)12-9-10-16-14(11-12)19(2,3)13-7-5-6-8-15(13)23-16/h5-11H,4H2,1-3H3. The van der Waals surface area contributed by atoms with E-state index in [4.69, 9.17) is 9.47 Å². The molecule has 1 heterocycles. The van der Waals surface area contributed by atoms with Crippen molar-refractivity contribution in [3.05, 3.63) is 59.2 Å². The number of hydrogen-bond donors (Lipinski definition) is 0. The van der Waals surface area contributed by atoms with Crippen LogP contribution in [0.5, 0.6) is 11.5 Å². The lowest BCUT2D eigenvalue weighted by molar-refractivity contribution is -0.137. The summed E-state index contributed by atoms with van der Waals surface area (Å²) in [6.45, 7) is 6.00. The van der Waals surface area contributed by atoms with Crippen LogP contribution in [0.15, 0.2) is 42.5 Å². The van der Waals surface area contributed by atoms with Gasteiger partial charge in [0.2, 0.25) is 0 Å². The summed E-state index contributed by atoms with van der Waals surface area (Å²) in [7, 11) is 0. The van der Waals surface area contributed by atoms with Crippen LogP contribution in [-0.2, 0) is 14.9 Å². The van der Waals surface area contributed by atoms with Gasteiger partial charge in [-0.2, -0.15) is 0 Å². The highest BCUT2D eigenvalue weighted by atomic mass is 16.5. The van der Waals surface area contributed by atoms with Gasteiger partial charge in [0.25, 0.3) is 5.78 Å². The Morgan fingerprint density at radius 3 is 2.48 bits per heavy atom. The van der Waals surface area contributed by atoms with E-state index in [1.165, 1.54) is 0 Å². The van der Waals surface area contributed by atoms with Gasteiger partial charge in [0, 0.05) is 22.1 Å². The fourth-order valence-electron chi connectivity index (χ4n) is 2.90. The number of ether oxygens (including phenoxy) is 2. The van der Waals surface area contributed by atoms with E-state index in [2.05, 4.69) is 13.8 Å². The van der Waals surface area contributed by atoms with Crippen molar-refractivity contribution >= 4 is 11.8 Å². The number of ketones is 1. The Labute approximate surface area is 135 Å². The van der Waals surface area contributed by atoms with Gasteiger partial charge in [0.15, 0.2) is 0 Å². The van der Waals surface area contributed by atoms with E-state index in [-0.39, 0.29) is 12.0 Å². The van der Waals surface area contributed by atoms with Crippen LogP contribution in [-0.4, -0.2) is 18.4 Å². The van der Waals surface area contributed by atoms with Gasteiger partial charge in [-0.3, -0.25) is 4.79 Å². The highest BCUT2D eigenvalue weighted by Gasteiger charge is 2.34. The molecule has 0 spiro atoms. The molecule has 0 radical (unpaired) electrons. The van der Waals surface area contributed by atoms with Crippen molar-refractivity contribution < 1.29 is 19.1 Å². The maximum atomic E-state index is 12.2. The number of carbonyl (C=O) groups excluding carboxylic acids is 2. The molecule has 0 N–H and O–H groups in total. The van der Waals surface area contributed by atoms with Gasteiger partial charge in [0.1, 0.15) is 11.5 Å². The average molecular weight is 310 g/mol. The normalized spacial score (nSPS) is 14.2. The van der Waals surface area contributed by atoms with Crippen LogP contribution in [0.2, 0.25) is 0 Å². The van der Waals surface area contributed by atoms with E-state index in [9.17, 15) is 9.59 Å². The molecule has 0 bridgehead atoms. The molecule has 2 aromatic carbocycles. The maximum Gasteiger partial charge on any atom is 0.379 e. The first-order valence-corrected chi connectivity index (χ1v) is 7.58. The molecule has 3 rings (SSSR count). The van der Waals surface area contributed by atoms with Crippen LogP contribution in [0.1, 0.15) is 42.3 Å². The first-order valence-electron chi connectivity index (χ1n) is 7.58. The SMILES string of the molecule is CCOC(=O)C(=O)c1ccc2c(c1)C(C)(C)c1ccccc1O2. The first kappa shape index (κ1) is 15.3. The van der Waals surface area contributed by atoms with Crippen LogP contribution in [0, 0.1) is 0 Å². The molecule has 2 aromatic rings. The summed E-state index contributed by atoms with van der Waals surface area (Å²) in [5.74, 6) is 0.0512. The summed E-state index contributed by atoms with van der Waals surface area (Å²) < 4.78 is 10.7. The van der Waals surface area contributed by atoms with Crippen LogP contribution in [0.4, 0.5) is 0 Å². The minimum Gasteiger partial charge on any atom is -0.460 e. The van der Waals surface area contributed by atoms with Crippen molar-refractivity contribution in [1.29, 1.82) is 0 Å². The van der Waals surface area contributed by atoms with Crippen molar-refractivity contribution in [2.75, 3.05) is 6.61 Å². The van der Waals surface area contributed by atoms with E-state index < -0.39 is 11.8 Å². The van der Waals surface area contributed by atoms with Gasteiger partial charge in [-0.15, -0.1) is 0 Å². The molecule has 1 aliphatic heterocycles. The number of para-hydroxylation sites is 1. The topological polar surface area (TPSA) is 52.6 Å². The number of fused-ring (bicyclic) bond motifs is 2. The number of Topliss-reactive ketones (excluding diaryl/α,β-unsaturated/α-hetero) is 1. The van der Waals surface area contributed by atoms with E-state index >= 15 is 0 Å². The quantitative estimate of drug-likeness (QED) is 0.491. The van der Waals surface area contributed by atoms with Crippen molar-refractivity contribution in [3.8, 4) is 11.5 Å². The second-order valence-corrected chi connectivity index (χ2v) is 5.98. The second kappa shape index (κ2) is 5.54. The molecule has 1 aliphatic rings. The second-order valence-electron chi connectivity index (χ2n) is 5.98. The van der Waals surface area contributed by atoms with Crippen LogP contribution in [0.25, 0.3) is 0 Å². The summed E-state index contributed by atoms with van der Waals surface area (Å²) >= 11 is 0. The summed E-state index contributed by atoms with van der Waals surface area (Å²) in [5.41, 5.74) is 1.92. The maximum absolute atomic E-state index is 12.2. The molecule has 0 saturated heterocycles. The zero-order valence-electron chi connectivity index (χ0n) is 13.4. The van der Waals surface area contributed by atoms with Crippen molar-refractivity contribution in [2.24, 2.45) is 0 Å². The zero-order chi connectivity index (χ0) is 16.6. The van der Waals surface area contributed by atoms with E-state index in [1.807, 2.05) is 24.3 Å². The molecule has 0 amide bonds. The smallest absolute Gasteiger partial charge is 0.379 e.